The number of hydrogen-bond donors (Lipinski definition) is 1. The number of furan rings is 1. The molecule has 1 aromatic carbocycles. The van der Waals surface area contributed by atoms with Crippen molar-refractivity contribution < 1.29 is 4.42 Å². The lowest BCUT2D eigenvalue weighted by atomic mass is 10.0. The Kier molecular flexibility index (Phi) is 2.34. The minimum atomic E-state index is 0.750. The van der Waals surface area contributed by atoms with Crippen LogP contribution in [0.5, 0.6) is 0 Å². The molecule has 0 unspecified atom stereocenters. The Hall–Kier alpha value is -1.28. The van der Waals surface area contributed by atoms with Crippen LogP contribution in [0.3, 0.4) is 0 Å². The fraction of sp³-hybridized carbons (Fsp3) is 0.556. The lowest BCUT2D eigenvalue weighted by molar-refractivity contribution is 0.506. The highest BCUT2D eigenvalue weighted by Crippen LogP contribution is 2.47. The van der Waals surface area contributed by atoms with Crippen molar-refractivity contribution in [1.29, 1.82) is 0 Å². The lowest BCUT2D eigenvalue weighted by Crippen LogP contribution is -2.15. The van der Waals surface area contributed by atoms with Crippen molar-refractivity contribution in [3.8, 4) is 0 Å². The molecule has 5 rings (SSSR count). The maximum absolute atomic E-state index is 6.24. The zero-order valence-corrected chi connectivity index (χ0v) is 11.9. The van der Waals surface area contributed by atoms with E-state index in [0.29, 0.717) is 0 Å². The van der Waals surface area contributed by atoms with Gasteiger partial charge in [0.1, 0.15) is 11.3 Å². The topological polar surface area (TPSA) is 25.2 Å². The van der Waals surface area contributed by atoms with Gasteiger partial charge in [-0.2, -0.15) is 0 Å². The number of nitrogens with one attached hydrogen (secondary N) is 1. The Morgan fingerprint density at radius 3 is 2.60 bits per heavy atom. The summed E-state index contributed by atoms with van der Waals surface area (Å²) < 4.78 is 6.24. The fourth-order valence-electron chi connectivity index (χ4n) is 3.71. The third-order valence-corrected chi connectivity index (χ3v) is 5.13. The van der Waals surface area contributed by atoms with Crippen LogP contribution in [0.4, 0.5) is 0 Å². The monoisotopic (exact) mass is 267 g/mol. The molecule has 0 amide bonds. The average Bonchev–Trinajstić information content (AvgIpc) is 3.37. The van der Waals surface area contributed by atoms with Crippen LogP contribution in [0.15, 0.2) is 16.5 Å². The van der Waals surface area contributed by atoms with Gasteiger partial charge in [0.2, 0.25) is 0 Å². The first-order valence-electron chi connectivity index (χ1n) is 8.19. The average molecular weight is 267 g/mol. The van der Waals surface area contributed by atoms with Crippen LogP contribution in [0, 0.1) is 0 Å². The fourth-order valence-corrected chi connectivity index (χ4v) is 3.71. The second-order valence-corrected chi connectivity index (χ2v) is 6.84. The number of aryl methyl sites for hydroxylation is 2. The molecule has 1 N–H and O–H groups in total. The van der Waals surface area contributed by atoms with Gasteiger partial charge in [-0.05, 0) is 74.1 Å². The number of rotatable bonds is 4. The highest BCUT2D eigenvalue weighted by molar-refractivity contribution is 5.85. The van der Waals surface area contributed by atoms with E-state index in [2.05, 4.69) is 17.4 Å². The molecule has 0 saturated heterocycles. The van der Waals surface area contributed by atoms with E-state index in [1.54, 1.807) is 5.56 Å². The Balaban J connectivity index is 1.61. The Morgan fingerprint density at radius 2 is 1.85 bits per heavy atom. The van der Waals surface area contributed by atoms with Crippen molar-refractivity contribution in [3.05, 3.63) is 34.6 Å². The lowest BCUT2D eigenvalue weighted by Gasteiger charge is -2.03. The molecule has 0 radical (unpaired) electrons. The van der Waals surface area contributed by atoms with Crippen LogP contribution in [0.1, 0.15) is 60.5 Å². The molecule has 0 aliphatic heterocycles. The maximum atomic E-state index is 6.24. The molecule has 2 fully saturated rings. The predicted octanol–water partition coefficient (Wildman–Crippen LogP) is 4.05. The molecule has 0 spiro atoms. The highest BCUT2D eigenvalue weighted by Gasteiger charge is 2.32. The largest absolute Gasteiger partial charge is 0.459 e. The first-order chi connectivity index (χ1) is 9.88. The molecule has 0 atom stereocenters. The Labute approximate surface area is 119 Å². The van der Waals surface area contributed by atoms with E-state index in [-0.39, 0.29) is 0 Å². The molecule has 3 aliphatic rings. The van der Waals surface area contributed by atoms with E-state index >= 15 is 0 Å². The summed E-state index contributed by atoms with van der Waals surface area (Å²) in [5.74, 6) is 1.99. The van der Waals surface area contributed by atoms with Gasteiger partial charge in [0.25, 0.3) is 0 Å². The summed E-state index contributed by atoms with van der Waals surface area (Å²) in [7, 11) is 0. The van der Waals surface area contributed by atoms with Crippen LogP contribution in [0.25, 0.3) is 11.0 Å². The van der Waals surface area contributed by atoms with Gasteiger partial charge in [-0.1, -0.05) is 0 Å². The maximum Gasteiger partial charge on any atom is 0.134 e. The molecule has 20 heavy (non-hydrogen) atoms. The van der Waals surface area contributed by atoms with Crippen LogP contribution in [-0.2, 0) is 19.4 Å². The van der Waals surface area contributed by atoms with Gasteiger partial charge < -0.3 is 9.73 Å². The minimum Gasteiger partial charge on any atom is -0.459 e. The van der Waals surface area contributed by atoms with Gasteiger partial charge >= 0.3 is 0 Å². The van der Waals surface area contributed by atoms with Gasteiger partial charge in [-0.25, -0.2) is 0 Å². The van der Waals surface area contributed by atoms with Crippen molar-refractivity contribution in [3.63, 3.8) is 0 Å². The molecular formula is C18H21NO. The second-order valence-electron chi connectivity index (χ2n) is 6.84. The first kappa shape index (κ1) is 11.4. The quantitative estimate of drug-likeness (QED) is 0.904. The summed E-state index contributed by atoms with van der Waals surface area (Å²) in [4.78, 5) is 0. The summed E-state index contributed by atoms with van der Waals surface area (Å²) in [6.07, 6.45) is 9.19. The number of fused-ring (bicyclic) bond motifs is 2. The van der Waals surface area contributed by atoms with E-state index in [0.717, 1.165) is 24.1 Å². The molecule has 3 aliphatic carbocycles. The van der Waals surface area contributed by atoms with E-state index in [4.69, 9.17) is 4.42 Å². The molecule has 2 heteroatoms. The predicted molar refractivity (Wildman–Crippen MR) is 80.1 cm³/mol. The minimum absolute atomic E-state index is 0.750. The zero-order chi connectivity index (χ0) is 13.1. The summed E-state index contributed by atoms with van der Waals surface area (Å²) in [5, 5.41) is 5.04. The van der Waals surface area contributed by atoms with Crippen molar-refractivity contribution in [1.82, 2.24) is 5.32 Å². The van der Waals surface area contributed by atoms with E-state index < -0.39 is 0 Å². The molecule has 2 saturated carbocycles. The Bertz CT molecular complexity index is 676. The van der Waals surface area contributed by atoms with Gasteiger partial charge in [0.15, 0.2) is 0 Å². The number of hydrogen-bond acceptors (Lipinski definition) is 2. The van der Waals surface area contributed by atoms with Gasteiger partial charge in [-0.15, -0.1) is 0 Å². The van der Waals surface area contributed by atoms with E-state index in [1.807, 2.05) is 0 Å². The van der Waals surface area contributed by atoms with Crippen molar-refractivity contribution in [2.24, 2.45) is 0 Å². The van der Waals surface area contributed by atoms with E-state index in [1.165, 1.54) is 67.2 Å². The molecule has 2 aromatic rings. The molecule has 104 valence electrons. The summed E-state index contributed by atoms with van der Waals surface area (Å²) in [5.41, 5.74) is 5.76. The first-order valence-corrected chi connectivity index (χ1v) is 8.19. The van der Waals surface area contributed by atoms with Crippen molar-refractivity contribution >= 4 is 11.0 Å². The summed E-state index contributed by atoms with van der Waals surface area (Å²) in [6, 6.07) is 5.51. The van der Waals surface area contributed by atoms with Gasteiger partial charge in [0, 0.05) is 17.0 Å². The molecule has 2 nitrogen and oxygen atoms in total. The standard InChI is InChI=1S/C18H21NO/c1-2-12-8-15-16(9-13(12)3-1)20-17(10-19-14-6-7-14)18(15)11-4-5-11/h8-9,11,14,19H,1-7,10H2. The zero-order valence-electron chi connectivity index (χ0n) is 11.9. The highest BCUT2D eigenvalue weighted by atomic mass is 16.3. The smallest absolute Gasteiger partial charge is 0.134 e. The van der Waals surface area contributed by atoms with Crippen LogP contribution in [0.2, 0.25) is 0 Å². The summed E-state index contributed by atoms with van der Waals surface area (Å²) in [6.45, 7) is 0.926. The van der Waals surface area contributed by atoms with Crippen LogP contribution < -0.4 is 5.32 Å². The SMILES string of the molecule is c1c2c(cc3c(C4CC4)c(CNC4CC4)oc13)CCC2. The third kappa shape index (κ3) is 1.81. The van der Waals surface area contributed by atoms with Crippen LogP contribution in [-0.4, -0.2) is 6.04 Å². The Morgan fingerprint density at radius 1 is 1.05 bits per heavy atom. The number of benzene rings is 1. The third-order valence-electron chi connectivity index (χ3n) is 5.13. The van der Waals surface area contributed by atoms with Crippen molar-refractivity contribution in [2.45, 2.75) is 63.5 Å². The van der Waals surface area contributed by atoms with Gasteiger partial charge in [-0.3, -0.25) is 0 Å². The molecular weight excluding hydrogens is 246 g/mol. The molecule has 0 bridgehead atoms. The van der Waals surface area contributed by atoms with Crippen LogP contribution >= 0.6 is 0 Å². The molecule has 1 heterocycles. The second kappa shape index (κ2) is 4.11. The summed E-state index contributed by atoms with van der Waals surface area (Å²) >= 11 is 0. The van der Waals surface area contributed by atoms with Gasteiger partial charge in [0.05, 0.1) is 6.54 Å². The normalized spacial score (nSPS) is 21.6. The van der Waals surface area contributed by atoms with E-state index in [9.17, 15) is 0 Å². The van der Waals surface area contributed by atoms with Crippen molar-refractivity contribution in [2.75, 3.05) is 0 Å². The molecule has 1 aromatic heterocycles.